The van der Waals surface area contributed by atoms with Gasteiger partial charge in [0, 0.05) is 30.8 Å². The molecule has 108 valence electrons. The highest BCUT2D eigenvalue weighted by molar-refractivity contribution is 5.81. The molecule has 1 rings (SSSR count). The average Bonchev–Trinajstić information content (AvgIpc) is 2.34. The quantitative estimate of drug-likeness (QED) is 0.261. The first kappa shape index (κ1) is 15.8. The number of rotatable bonds is 6. The second kappa shape index (κ2) is 7.33. The zero-order valence-electron chi connectivity index (χ0n) is 11.8. The van der Waals surface area contributed by atoms with E-state index in [-0.39, 0.29) is 18.2 Å². The van der Waals surface area contributed by atoms with Gasteiger partial charge in [-0.3, -0.25) is 4.79 Å². The van der Waals surface area contributed by atoms with Gasteiger partial charge in [0.15, 0.2) is 0 Å². The van der Waals surface area contributed by atoms with Crippen LogP contribution in [0.4, 0.5) is 0 Å². The summed E-state index contributed by atoms with van der Waals surface area (Å²) in [5, 5.41) is 6.66. The summed E-state index contributed by atoms with van der Waals surface area (Å²) < 4.78 is 10.8. The van der Waals surface area contributed by atoms with Crippen molar-refractivity contribution < 1.29 is 14.3 Å². The molecule has 1 fully saturated rings. The maximum absolute atomic E-state index is 12.2. The van der Waals surface area contributed by atoms with Gasteiger partial charge in [0.1, 0.15) is 5.54 Å². The Morgan fingerprint density at radius 2 is 2.16 bits per heavy atom. The zero-order chi connectivity index (χ0) is 14.3. The Morgan fingerprint density at radius 3 is 2.68 bits per heavy atom. The van der Waals surface area contributed by atoms with Crippen molar-refractivity contribution in [3.05, 3.63) is 10.4 Å². The second-order valence-corrected chi connectivity index (χ2v) is 4.85. The minimum Gasteiger partial charge on any atom is -0.465 e. The van der Waals surface area contributed by atoms with E-state index in [2.05, 4.69) is 15.3 Å². The summed E-state index contributed by atoms with van der Waals surface area (Å²) >= 11 is 0. The second-order valence-electron chi connectivity index (χ2n) is 4.85. The number of esters is 1. The first-order chi connectivity index (χ1) is 9.04. The number of nitrogens with zero attached hydrogens (tertiary/aromatic N) is 3. The Bertz CT molecular complexity index is 345. The van der Waals surface area contributed by atoms with Gasteiger partial charge in [0.25, 0.3) is 0 Å². The average molecular weight is 270 g/mol. The molecular weight excluding hydrogens is 248 g/mol. The lowest BCUT2D eigenvalue weighted by Gasteiger charge is -2.41. The molecule has 1 heterocycles. The lowest BCUT2D eigenvalue weighted by molar-refractivity contribution is -0.161. The van der Waals surface area contributed by atoms with Crippen LogP contribution in [0, 0.1) is 0 Å². The summed E-state index contributed by atoms with van der Waals surface area (Å²) in [6.45, 7) is 6.78. The summed E-state index contributed by atoms with van der Waals surface area (Å²) in [6.07, 6.45) is 1.10. The van der Waals surface area contributed by atoms with Crippen molar-refractivity contribution in [2.45, 2.75) is 51.4 Å². The van der Waals surface area contributed by atoms with Crippen LogP contribution in [-0.4, -0.2) is 43.4 Å². The van der Waals surface area contributed by atoms with Crippen LogP contribution in [-0.2, 0) is 14.3 Å². The van der Waals surface area contributed by atoms with Crippen LogP contribution in [0.3, 0.4) is 0 Å². The fourth-order valence-electron chi connectivity index (χ4n) is 2.60. The van der Waals surface area contributed by atoms with Crippen LogP contribution in [0.25, 0.3) is 10.4 Å². The summed E-state index contributed by atoms with van der Waals surface area (Å²) in [6, 6.07) is 0. The van der Waals surface area contributed by atoms with Gasteiger partial charge in [-0.05, 0) is 26.3 Å². The highest BCUT2D eigenvalue weighted by Gasteiger charge is 2.45. The number of ether oxygens (including phenoxy) is 2. The standard InChI is InChI=1S/C12H22N4O3/c1-4-18-11(17)12(14-5-6-15-16-13)7-9(2)19-10(3)8-12/h9-10,14H,4-8H2,1-3H3. The molecule has 0 aromatic rings. The van der Waals surface area contributed by atoms with Crippen molar-refractivity contribution in [3.63, 3.8) is 0 Å². The van der Waals surface area contributed by atoms with E-state index in [1.807, 2.05) is 13.8 Å². The SMILES string of the molecule is CCOC(=O)C1(NCCN=[N+]=[N-])CC(C)OC(C)C1. The fourth-order valence-corrected chi connectivity index (χ4v) is 2.60. The third-order valence-electron chi connectivity index (χ3n) is 3.14. The molecular formula is C12H22N4O3. The van der Waals surface area contributed by atoms with Crippen molar-refractivity contribution in [2.75, 3.05) is 19.7 Å². The largest absolute Gasteiger partial charge is 0.465 e. The van der Waals surface area contributed by atoms with Crippen molar-refractivity contribution in [1.29, 1.82) is 0 Å². The summed E-state index contributed by atoms with van der Waals surface area (Å²) in [5.41, 5.74) is 7.53. The van der Waals surface area contributed by atoms with Crippen LogP contribution in [0.15, 0.2) is 5.11 Å². The van der Waals surface area contributed by atoms with Gasteiger partial charge in [-0.15, -0.1) is 0 Å². The number of carbonyl (C=O) groups is 1. The minimum atomic E-state index is -0.738. The lowest BCUT2D eigenvalue weighted by atomic mass is 9.84. The van der Waals surface area contributed by atoms with Crippen LogP contribution in [0.2, 0.25) is 0 Å². The van der Waals surface area contributed by atoms with Gasteiger partial charge in [-0.25, -0.2) is 0 Å². The van der Waals surface area contributed by atoms with Crippen molar-refractivity contribution in [2.24, 2.45) is 5.11 Å². The molecule has 19 heavy (non-hydrogen) atoms. The molecule has 2 atom stereocenters. The molecule has 0 spiro atoms. The Morgan fingerprint density at radius 1 is 1.53 bits per heavy atom. The van der Waals surface area contributed by atoms with Crippen LogP contribution in [0.5, 0.6) is 0 Å². The molecule has 1 aliphatic heterocycles. The third kappa shape index (κ3) is 4.38. The van der Waals surface area contributed by atoms with Crippen molar-refractivity contribution >= 4 is 5.97 Å². The minimum absolute atomic E-state index is 0.0138. The van der Waals surface area contributed by atoms with E-state index in [1.165, 1.54) is 0 Å². The molecule has 0 bridgehead atoms. The molecule has 7 nitrogen and oxygen atoms in total. The molecule has 0 aliphatic carbocycles. The number of hydrogen-bond acceptors (Lipinski definition) is 5. The van der Waals surface area contributed by atoms with Crippen LogP contribution in [0.1, 0.15) is 33.6 Å². The topological polar surface area (TPSA) is 96.3 Å². The van der Waals surface area contributed by atoms with Crippen LogP contribution >= 0.6 is 0 Å². The van der Waals surface area contributed by atoms with E-state index in [4.69, 9.17) is 15.0 Å². The van der Waals surface area contributed by atoms with Crippen molar-refractivity contribution in [3.8, 4) is 0 Å². The highest BCUT2D eigenvalue weighted by Crippen LogP contribution is 2.30. The van der Waals surface area contributed by atoms with E-state index >= 15 is 0 Å². The number of azide groups is 1. The maximum atomic E-state index is 12.2. The summed E-state index contributed by atoms with van der Waals surface area (Å²) in [7, 11) is 0. The predicted molar refractivity (Wildman–Crippen MR) is 70.6 cm³/mol. The molecule has 0 aromatic carbocycles. The molecule has 1 saturated heterocycles. The monoisotopic (exact) mass is 270 g/mol. The van der Waals surface area contributed by atoms with Gasteiger partial charge >= 0.3 is 5.97 Å². The van der Waals surface area contributed by atoms with Gasteiger partial charge in [-0.2, -0.15) is 0 Å². The number of carbonyl (C=O) groups excluding carboxylic acids is 1. The molecule has 2 unspecified atom stereocenters. The smallest absolute Gasteiger partial charge is 0.326 e. The van der Waals surface area contributed by atoms with Crippen molar-refractivity contribution in [1.82, 2.24) is 5.32 Å². The molecule has 0 amide bonds. The first-order valence-corrected chi connectivity index (χ1v) is 6.62. The van der Waals surface area contributed by atoms with Gasteiger partial charge < -0.3 is 14.8 Å². The third-order valence-corrected chi connectivity index (χ3v) is 3.14. The zero-order valence-corrected chi connectivity index (χ0v) is 11.8. The van der Waals surface area contributed by atoms with E-state index < -0.39 is 5.54 Å². The predicted octanol–water partition coefficient (Wildman–Crippen LogP) is 1.78. The normalized spacial score (nSPS) is 30.5. The molecule has 0 saturated carbocycles. The number of nitrogens with one attached hydrogen (secondary N) is 1. The lowest BCUT2D eigenvalue weighted by Crippen LogP contribution is -2.59. The Hall–Kier alpha value is -1.30. The molecule has 0 aromatic heterocycles. The molecule has 1 N–H and O–H groups in total. The summed E-state index contributed by atoms with van der Waals surface area (Å²) in [4.78, 5) is 14.9. The molecule has 7 heteroatoms. The fraction of sp³-hybridized carbons (Fsp3) is 0.917. The summed E-state index contributed by atoms with van der Waals surface area (Å²) in [5.74, 6) is -0.252. The number of hydrogen-bond donors (Lipinski definition) is 1. The van der Waals surface area contributed by atoms with E-state index in [0.29, 0.717) is 32.5 Å². The maximum Gasteiger partial charge on any atom is 0.326 e. The van der Waals surface area contributed by atoms with E-state index in [0.717, 1.165) is 0 Å². The van der Waals surface area contributed by atoms with Gasteiger partial charge in [0.2, 0.25) is 0 Å². The highest BCUT2D eigenvalue weighted by atomic mass is 16.5. The van der Waals surface area contributed by atoms with Gasteiger partial charge in [0.05, 0.1) is 18.8 Å². The Labute approximate surface area is 113 Å². The van der Waals surface area contributed by atoms with E-state index in [1.54, 1.807) is 6.92 Å². The molecule has 0 radical (unpaired) electrons. The Kier molecular flexibility index (Phi) is 6.08. The van der Waals surface area contributed by atoms with E-state index in [9.17, 15) is 4.79 Å². The Balaban J connectivity index is 2.76. The molecule has 1 aliphatic rings. The van der Waals surface area contributed by atoms with Gasteiger partial charge in [-0.1, -0.05) is 5.11 Å². The van der Waals surface area contributed by atoms with Crippen LogP contribution < -0.4 is 5.32 Å². The first-order valence-electron chi connectivity index (χ1n) is 6.62.